The molecule has 0 bridgehead atoms. The molecule has 0 saturated heterocycles. The third-order valence-electron chi connectivity index (χ3n) is 3.00. The van der Waals surface area contributed by atoms with Gasteiger partial charge in [-0.25, -0.2) is 0 Å². The third-order valence-corrected chi connectivity index (χ3v) is 4.31. The van der Waals surface area contributed by atoms with E-state index in [4.69, 9.17) is 17.3 Å². The minimum atomic E-state index is -0.607. The molecular weight excluding hydrogens is 280 g/mol. The standard InChI is InChI=1S/C14H21ClN2OS/c1-3-17-14(2,13(16)18)8-5-9-19-12-7-4-6-11(15)10-12/h4,6-7,10,17H,3,5,8-9H2,1-2H3,(H2,16,18). The Hall–Kier alpha value is -0.710. The lowest BCUT2D eigenvalue weighted by Gasteiger charge is -2.26. The maximum absolute atomic E-state index is 11.5. The normalized spacial score (nSPS) is 14.1. The number of nitrogens with one attached hydrogen (secondary N) is 1. The van der Waals surface area contributed by atoms with E-state index in [1.165, 1.54) is 0 Å². The van der Waals surface area contributed by atoms with Gasteiger partial charge in [0.05, 0.1) is 5.54 Å². The Bertz CT molecular complexity index is 428. The van der Waals surface area contributed by atoms with E-state index >= 15 is 0 Å². The number of thioether (sulfide) groups is 1. The SMILES string of the molecule is CCNC(C)(CCCSc1cccc(Cl)c1)C(N)=O. The fourth-order valence-corrected chi connectivity index (χ4v) is 3.03. The molecule has 1 aromatic carbocycles. The summed E-state index contributed by atoms with van der Waals surface area (Å²) >= 11 is 7.67. The van der Waals surface area contributed by atoms with E-state index in [2.05, 4.69) is 5.32 Å². The van der Waals surface area contributed by atoms with Gasteiger partial charge in [0, 0.05) is 9.92 Å². The molecule has 0 saturated carbocycles. The Labute approximate surface area is 124 Å². The molecule has 0 aliphatic carbocycles. The largest absolute Gasteiger partial charge is 0.368 e. The average molecular weight is 301 g/mol. The number of benzene rings is 1. The highest BCUT2D eigenvalue weighted by atomic mass is 35.5. The highest BCUT2D eigenvalue weighted by Crippen LogP contribution is 2.23. The summed E-state index contributed by atoms with van der Waals surface area (Å²) in [6.07, 6.45) is 1.66. The molecule has 1 amide bonds. The molecule has 0 fully saturated rings. The van der Waals surface area contributed by atoms with E-state index < -0.39 is 5.54 Å². The second kappa shape index (κ2) is 7.78. The highest BCUT2D eigenvalue weighted by Gasteiger charge is 2.28. The van der Waals surface area contributed by atoms with Crippen LogP contribution in [0.15, 0.2) is 29.2 Å². The van der Waals surface area contributed by atoms with E-state index in [1.54, 1.807) is 11.8 Å². The number of carbonyl (C=O) groups excluding carboxylic acids is 1. The van der Waals surface area contributed by atoms with Crippen molar-refractivity contribution in [2.45, 2.75) is 37.1 Å². The maximum Gasteiger partial charge on any atom is 0.237 e. The molecule has 19 heavy (non-hydrogen) atoms. The molecule has 0 radical (unpaired) electrons. The van der Waals surface area contributed by atoms with Crippen LogP contribution in [0.5, 0.6) is 0 Å². The van der Waals surface area contributed by atoms with Crippen LogP contribution in [0.4, 0.5) is 0 Å². The number of hydrogen-bond acceptors (Lipinski definition) is 3. The number of hydrogen-bond donors (Lipinski definition) is 2. The van der Waals surface area contributed by atoms with Crippen LogP contribution in [-0.2, 0) is 4.79 Å². The topological polar surface area (TPSA) is 55.1 Å². The first-order valence-corrected chi connectivity index (χ1v) is 7.77. The number of rotatable bonds is 8. The Balaban J connectivity index is 2.39. The first-order valence-electron chi connectivity index (χ1n) is 6.41. The number of likely N-dealkylation sites (N-methyl/N-ethyl adjacent to an activating group) is 1. The van der Waals surface area contributed by atoms with E-state index in [0.29, 0.717) is 0 Å². The Kier molecular flexibility index (Phi) is 6.69. The molecule has 1 unspecified atom stereocenters. The minimum Gasteiger partial charge on any atom is -0.368 e. The van der Waals surface area contributed by atoms with Gasteiger partial charge in [-0.2, -0.15) is 0 Å². The average Bonchev–Trinajstić information content (AvgIpc) is 2.35. The number of nitrogens with two attached hydrogens (primary N) is 1. The van der Waals surface area contributed by atoms with E-state index in [0.717, 1.165) is 35.1 Å². The lowest BCUT2D eigenvalue weighted by molar-refractivity contribution is -0.124. The van der Waals surface area contributed by atoms with Crippen molar-refractivity contribution in [3.8, 4) is 0 Å². The molecule has 1 atom stereocenters. The van der Waals surface area contributed by atoms with Gasteiger partial charge in [0.15, 0.2) is 0 Å². The van der Waals surface area contributed by atoms with Crippen molar-refractivity contribution in [1.29, 1.82) is 0 Å². The van der Waals surface area contributed by atoms with Crippen LogP contribution in [0.25, 0.3) is 0 Å². The third kappa shape index (κ3) is 5.43. The molecule has 3 nitrogen and oxygen atoms in total. The van der Waals surface area contributed by atoms with Crippen LogP contribution in [0, 0.1) is 0 Å². The fraction of sp³-hybridized carbons (Fsp3) is 0.500. The van der Waals surface area contributed by atoms with Crippen LogP contribution in [0.1, 0.15) is 26.7 Å². The quantitative estimate of drug-likeness (QED) is 0.573. The monoisotopic (exact) mass is 300 g/mol. The van der Waals surface area contributed by atoms with Gasteiger partial charge in [0.25, 0.3) is 0 Å². The zero-order valence-electron chi connectivity index (χ0n) is 11.4. The summed E-state index contributed by atoms with van der Waals surface area (Å²) in [7, 11) is 0. The predicted octanol–water partition coefficient (Wildman–Crippen LogP) is 3.07. The summed E-state index contributed by atoms with van der Waals surface area (Å²) in [5, 5.41) is 3.91. The van der Waals surface area contributed by atoms with Crippen molar-refractivity contribution in [1.82, 2.24) is 5.32 Å². The zero-order chi connectivity index (χ0) is 14.3. The van der Waals surface area contributed by atoms with Gasteiger partial charge < -0.3 is 11.1 Å². The van der Waals surface area contributed by atoms with Crippen LogP contribution in [0.3, 0.4) is 0 Å². The molecule has 106 valence electrons. The summed E-state index contributed by atoms with van der Waals surface area (Å²) in [5.74, 6) is 0.649. The van der Waals surface area contributed by atoms with Crippen LogP contribution >= 0.6 is 23.4 Å². The van der Waals surface area contributed by atoms with Gasteiger partial charge in [-0.15, -0.1) is 11.8 Å². The van der Waals surface area contributed by atoms with Gasteiger partial charge in [0.1, 0.15) is 0 Å². The molecule has 1 rings (SSSR count). The number of halogens is 1. The Morgan fingerprint density at radius 1 is 1.53 bits per heavy atom. The van der Waals surface area contributed by atoms with Crippen molar-refractivity contribution in [2.75, 3.05) is 12.3 Å². The molecule has 3 N–H and O–H groups in total. The molecular formula is C14H21ClN2OS. The van der Waals surface area contributed by atoms with Crippen molar-refractivity contribution >= 4 is 29.3 Å². The minimum absolute atomic E-state index is 0.290. The summed E-state index contributed by atoms with van der Waals surface area (Å²) in [6, 6.07) is 7.79. The first kappa shape index (κ1) is 16.3. The van der Waals surface area contributed by atoms with Gasteiger partial charge in [0.2, 0.25) is 5.91 Å². The maximum atomic E-state index is 11.5. The van der Waals surface area contributed by atoms with Gasteiger partial charge >= 0.3 is 0 Å². The van der Waals surface area contributed by atoms with Crippen molar-refractivity contribution < 1.29 is 4.79 Å². The number of carbonyl (C=O) groups is 1. The van der Waals surface area contributed by atoms with Gasteiger partial charge in [-0.1, -0.05) is 24.6 Å². The van der Waals surface area contributed by atoms with Crippen molar-refractivity contribution in [3.63, 3.8) is 0 Å². The van der Waals surface area contributed by atoms with E-state index in [9.17, 15) is 4.79 Å². The lowest BCUT2D eigenvalue weighted by Crippen LogP contribution is -2.53. The lowest BCUT2D eigenvalue weighted by atomic mass is 9.95. The predicted molar refractivity (Wildman–Crippen MR) is 82.7 cm³/mol. The zero-order valence-corrected chi connectivity index (χ0v) is 13.0. The number of primary amides is 1. The molecule has 0 aliphatic rings. The van der Waals surface area contributed by atoms with E-state index in [-0.39, 0.29) is 5.91 Å². The van der Waals surface area contributed by atoms with Crippen molar-refractivity contribution in [2.24, 2.45) is 5.73 Å². The fourth-order valence-electron chi connectivity index (χ4n) is 1.86. The molecule has 5 heteroatoms. The number of amides is 1. The summed E-state index contributed by atoms with van der Waals surface area (Å²) in [4.78, 5) is 12.6. The van der Waals surface area contributed by atoms with Crippen LogP contribution < -0.4 is 11.1 Å². The second-order valence-corrected chi connectivity index (χ2v) is 6.24. The Morgan fingerprint density at radius 3 is 2.84 bits per heavy atom. The summed E-state index contributed by atoms with van der Waals surface area (Å²) < 4.78 is 0. The van der Waals surface area contributed by atoms with Crippen molar-refractivity contribution in [3.05, 3.63) is 29.3 Å². The molecule has 1 aromatic rings. The highest BCUT2D eigenvalue weighted by molar-refractivity contribution is 7.99. The summed E-state index contributed by atoms with van der Waals surface area (Å²) in [5.41, 5.74) is 4.84. The first-order chi connectivity index (χ1) is 8.98. The smallest absolute Gasteiger partial charge is 0.237 e. The van der Waals surface area contributed by atoms with Gasteiger partial charge in [-0.3, -0.25) is 4.79 Å². The second-order valence-electron chi connectivity index (χ2n) is 4.64. The van der Waals surface area contributed by atoms with E-state index in [1.807, 2.05) is 38.1 Å². The molecule has 0 spiro atoms. The molecule has 0 aromatic heterocycles. The molecule has 0 heterocycles. The molecule has 0 aliphatic heterocycles. The van der Waals surface area contributed by atoms with Crippen LogP contribution in [0.2, 0.25) is 5.02 Å². The summed E-state index contributed by atoms with van der Waals surface area (Å²) in [6.45, 7) is 4.58. The Morgan fingerprint density at radius 2 is 2.26 bits per heavy atom. The van der Waals surface area contributed by atoms with Gasteiger partial charge in [-0.05, 0) is 50.3 Å². The van der Waals surface area contributed by atoms with Crippen LogP contribution in [-0.4, -0.2) is 23.7 Å².